The number of aliphatic hydroxyl groups is 1. The summed E-state index contributed by atoms with van der Waals surface area (Å²) in [6, 6.07) is 1.05. The highest BCUT2D eigenvalue weighted by atomic mass is 32.1. The number of alkyl halides is 2. The molecule has 1 saturated heterocycles. The number of amides is 2. The molecule has 1 aliphatic heterocycles. The molecule has 4 rings (SSSR count). The number of halogens is 2. The van der Waals surface area contributed by atoms with Crippen molar-refractivity contribution in [3.05, 3.63) is 28.5 Å². The molecule has 8 nitrogen and oxygen atoms in total. The van der Waals surface area contributed by atoms with E-state index >= 15 is 0 Å². The lowest BCUT2D eigenvalue weighted by Crippen LogP contribution is -2.40. The molecule has 11 heteroatoms. The number of aliphatic hydroxyl groups excluding tert-OH is 1. The van der Waals surface area contributed by atoms with Gasteiger partial charge in [-0.05, 0) is 58.1 Å². The Balaban J connectivity index is 1.70. The van der Waals surface area contributed by atoms with Crippen LogP contribution in [0.2, 0.25) is 0 Å². The normalized spacial score (nSPS) is 24.1. The van der Waals surface area contributed by atoms with Gasteiger partial charge in [-0.1, -0.05) is 6.92 Å². The number of nitrogens with one attached hydrogen (secondary N) is 2. The second-order valence-electron chi connectivity index (χ2n) is 9.96. The van der Waals surface area contributed by atoms with E-state index in [4.69, 9.17) is 0 Å². The standard InChI is InChI=1S/C25H33F2N5O3S/c1-5-14(3)29-19-9-13(2)16(11-28-19)21-20(24(35)32-12-25(26,27)10-15(32)4)31-23(36-21)22(34)30-17-7-6-8-18(17)33/h9,11,14-15,17-18,33H,5-8,10,12H2,1-4H3,(H,28,29)(H,30,34)/t14-,15+,17+,18+/m1/s1. The molecule has 0 radical (unpaired) electrons. The smallest absolute Gasteiger partial charge is 0.280 e. The van der Waals surface area contributed by atoms with E-state index in [0.29, 0.717) is 29.1 Å². The molecule has 3 N–H and O–H groups in total. The van der Waals surface area contributed by atoms with Crippen LogP contribution in [0.25, 0.3) is 10.4 Å². The van der Waals surface area contributed by atoms with Crippen molar-refractivity contribution in [2.24, 2.45) is 0 Å². The summed E-state index contributed by atoms with van der Waals surface area (Å²) in [6.07, 6.45) is 3.58. The predicted molar refractivity (Wildman–Crippen MR) is 135 cm³/mol. The van der Waals surface area contributed by atoms with Gasteiger partial charge in [0.15, 0.2) is 5.01 Å². The fourth-order valence-electron chi connectivity index (χ4n) is 4.73. The van der Waals surface area contributed by atoms with Crippen LogP contribution in [-0.4, -0.2) is 68.5 Å². The molecule has 2 fully saturated rings. The van der Waals surface area contributed by atoms with Crippen LogP contribution in [0.15, 0.2) is 12.3 Å². The molecule has 0 spiro atoms. The monoisotopic (exact) mass is 521 g/mol. The summed E-state index contributed by atoms with van der Waals surface area (Å²) in [5.74, 6) is -3.41. The summed E-state index contributed by atoms with van der Waals surface area (Å²) < 4.78 is 28.1. The van der Waals surface area contributed by atoms with Crippen molar-refractivity contribution in [1.82, 2.24) is 20.2 Å². The molecule has 2 aromatic rings. The summed E-state index contributed by atoms with van der Waals surface area (Å²) in [4.78, 5) is 36.8. The fraction of sp³-hybridized carbons (Fsp3) is 0.600. The SMILES string of the molecule is CC[C@@H](C)Nc1cc(C)c(-c2sc(C(=O)N[C@H]3CCC[C@@H]3O)nc2C(=O)N2CC(F)(F)C[C@@H]2C)cn1. The number of aryl methyl sites for hydroxylation is 1. The second kappa shape index (κ2) is 10.4. The third-order valence-electron chi connectivity index (χ3n) is 6.97. The number of carbonyl (C=O) groups is 2. The lowest BCUT2D eigenvalue weighted by atomic mass is 10.1. The summed E-state index contributed by atoms with van der Waals surface area (Å²) >= 11 is 1.03. The van der Waals surface area contributed by atoms with Gasteiger partial charge in [0.2, 0.25) is 0 Å². The van der Waals surface area contributed by atoms with E-state index < -0.39 is 42.8 Å². The lowest BCUT2D eigenvalue weighted by molar-refractivity contribution is 0.0118. The molecule has 1 saturated carbocycles. The molecule has 0 unspecified atom stereocenters. The van der Waals surface area contributed by atoms with Gasteiger partial charge in [-0.25, -0.2) is 18.7 Å². The average Bonchev–Trinajstić information content (AvgIpc) is 3.50. The first-order chi connectivity index (χ1) is 17.0. The Hall–Kier alpha value is -2.66. The first-order valence-corrected chi connectivity index (χ1v) is 13.2. The van der Waals surface area contributed by atoms with E-state index in [2.05, 4.69) is 27.5 Å². The Morgan fingerprint density at radius 2 is 2.11 bits per heavy atom. The van der Waals surface area contributed by atoms with Crippen LogP contribution < -0.4 is 10.6 Å². The summed E-state index contributed by atoms with van der Waals surface area (Å²) in [7, 11) is 0. The molecule has 2 aliphatic rings. The number of rotatable bonds is 7. The number of carbonyl (C=O) groups excluding carboxylic acids is 2. The molecule has 2 amide bonds. The summed E-state index contributed by atoms with van der Waals surface area (Å²) in [6.45, 7) is 6.88. The maximum atomic E-state index is 14.1. The van der Waals surface area contributed by atoms with Gasteiger partial charge in [0.25, 0.3) is 17.7 Å². The molecular formula is C25H33F2N5O3S. The number of nitrogens with zero attached hydrogens (tertiary/aromatic N) is 3. The summed E-state index contributed by atoms with van der Waals surface area (Å²) in [5.41, 5.74) is 1.39. The number of hydrogen-bond donors (Lipinski definition) is 3. The second-order valence-corrected chi connectivity index (χ2v) is 11.0. The molecule has 3 heterocycles. The minimum Gasteiger partial charge on any atom is -0.391 e. The van der Waals surface area contributed by atoms with Crippen molar-refractivity contribution in [3.63, 3.8) is 0 Å². The van der Waals surface area contributed by atoms with E-state index in [1.807, 2.05) is 19.9 Å². The number of pyridine rings is 1. The number of anilines is 1. The van der Waals surface area contributed by atoms with Gasteiger partial charge in [-0.3, -0.25) is 9.59 Å². The highest BCUT2D eigenvalue weighted by molar-refractivity contribution is 7.17. The van der Waals surface area contributed by atoms with Gasteiger partial charge in [0, 0.05) is 30.3 Å². The maximum absolute atomic E-state index is 14.1. The molecular weight excluding hydrogens is 488 g/mol. The van der Waals surface area contributed by atoms with Gasteiger partial charge in [0.1, 0.15) is 11.5 Å². The third kappa shape index (κ3) is 5.51. The molecule has 4 atom stereocenters. The molecule has 196 valence electrons. The molecule has 36 heavy (non-hydrogen) atoms. The minimum absolute atomic E-state index is 0.0331. The van der Waals surface area contributed by atoms with Gasteiger partial charge in [-0.15, -0.1) is 11.3 Å². The van der Waals surface area contributed by atoms with Crippen LogP contribution in [0.5, 0.6) is 0 Å². The van der Waals surface area contributed by atoms with Crippen LogP contribution in [0.1, 0.15) is 78.7 Å². The van der Waals surface area contributed by atoms with Crippen LogP contribution in [0.4, 0.5) is 14.6 Å². The van der Waals surface area contributed by atoms with Gasteiger partial charge < -0.3 is 20.6 Å². The Kier molecular flexibility index (Phi) is 7.61. The van der Waals surface area contributed by atoms with Crippen molar-refractivity contribution in [2.45, 2.75) is 90.0 Å². The van der Waals surface area contributed by atoms with E-state index in [0.717, 1.165) is 34.6 Å². The zero-order valence-corrected chi connectivity index (χ0v) is 21.8. The van der Waals surface area contributed by atoms with Gasteiger partial charge >= 0.3 is 0 Å². The Morgan fingerprint density at radius 3 is 2.69 bits per heavy atom. The van der Waals surface area contributed by atoms with Crippen molar-refractivity contribution in [3.8, 4) is 10.4 Å². The highest BCUT2D eigenvalue weighted by Crippen LogP contribution is 2.37. The van der Waals surface area contributed by atoms with Crippen molar-refractivity contribution >= 4 is 29.0 Å². The quantitative estimate of drug-likeness (QED) is 0.503. The third-order valence-corrected chi connectivity index (χ3v) is 8.06. The number of likely N-dealkylation sites (tertiary alicyclic amines) is 1. The molecule has 2 aromatic heterocycles. The van der Waals surface area contributed by atoms with Crippen molar-refractivity contribution in [1.29, 1.82) is 0 Å². The van der Waals surface area contributed by atoms with Gasteiger partial charge in [0.05, 0.1) is 23.6 Å². The fourth-order valence-corrected chi connectivity index (χ4v) is 5.77. The first kappa shape index (κ1) is 26.4. The van der Waals surface area contributed by atoms with Crippen LogP contribution in [0.3, 0.4) is 0 Å². The molecule has 0 bridgehead atoms. The molecule has 1 aliphatic carbocycles. The molecule has 0 aromatic carbocycles. The largest absolute Gasteiger partial charge is 0.391 e. The number of hydrogen-bond acceptors (Lipinski definition) is 7. The summed E-state index contributed by atoms with van der Waals surface area (Å²) in [5, 5.41) is 16.3. The Morgan fingerprint density at radius 1 is 1.36 bits per heavy atom. The average molecular weight is 522 g/mol. The lowest BCUT2D eigenvalue weighted by Gasteiger charge is -2.20. The maximum Gasteiger partial charge on any atom is 0.280 e. The van der Waals surface area contributed by atoms with Crippen molar-refractivity contribution in [2.75, 3.05) is 11.9 Å². The van der Waals surface area contributed by atoms with Crippen LogP contribution >= 0.6 is 11.3 Å². The van der Waals surface area contributed by atoms with E-state index in [1.54, 1.807) is 13.1 Å². The van der Waals surface area contributed by atoms with E-state index in [-0.39, 0.29) is 22.8 Å². The highest BCUT2D eigenvalue weighted by Gasteiger charge is 2.46. The van der Waals surface area contributed by atoms with Crippen LogP contribution in [-0.2, 0) is 0 Å². The predicted octanol–water partition coefficient (Wildman–Crippen LogP) is 4.24. The zero-order valence-electron chi connectivity index (χ0n) is 21.0. The Labute approximate surface area is 213 Å². The Bertz CT molecular complexity index is 1140. The number of aromatic nitrogens is 2. The number of thiazole rings is 1. The van der Waals surface area contributed by atoms with Gasteiger partial charge in [-0.2, -0.15) is 0 Å². The first-order valence-electron chi connectivity index (χ1n) is 12.4. The van der Waals surface area contributed by atoms with E-state index in [1.165, 1.54) is 0 Å². The topological polar surface area (TPSA) is 107 Å². The minimum atomic E-state index is -2.97. The van der Waals surface area contributed by atoms with Crippen molar-refractivity contribution < 1.29 is 23.5 Å². The van der Waals surface area contributed by atoms with E-state index in [9.17, 15) is 23.5 Å². The zero-order chi connectivity index (χ0) is 26.2. The van der Waals surface area contributed by atoms with Crippen LogP contribution in [0, 0.1) is 6.92 Å².